The van der Waals surface area contributed by atoms with Gasteiger partial charge in [-0.15, -0.1) is 0 Å². The van der Waals surface area contributed by atoms with Crippen LogP contribution in [0.3, 0.4) is 0 Å². The zero-order valence-electron chi connectivity index (χ0n) is 10.1. The summed E-state index contributed by atoms with van der Waals surface area (Å²) in [6, 6.07) is 6.37. The molecule has 0 spiro atoms. The van der Waals surface area contributed by atoms with Gasteiger partial charge in [0, 0.05) is 17.8 Å². The summed E-state index contributed by atoms with van der Waals surface area (Å²) in [4.78, 5) is 0. The minimum absolute atomic E-state index is 0.0607. The van der Waals surface area contributed by atoms with Gasteiger partial charge in [-0.05, 0) is 45.7 Å². The first-order valence-electron chi connectivity index (χ1n) is 5.41. The van der Waals surface area contributed by atoms with E-state index in [1.54, 1.807) is 0 Å². The molecule has 0 aromatic heterocycles. The van der Waals surface area contributed by atoms with Crippen molar-refractivity contribution in [1.29, 1.82) is 0 Å². The summed E-state index contributed by atoms with van der Waals surface area (Å²) in [6.45, 7) is 8.61. The molecule has 15 heavy (non-hydrogen) atoms. The van der Waals surface area contributed by atoms with Crippen molar-refractivity contribution in [3.63, 3.8) is 0 Å². The molecule has 84 valence electrons. The monoisotopic (exact) mass is 207 g/mol. The van der Waals surface area contributed by atoms with E-state index >= 15 is 0 Å². The standard InChI is InChI=1S/C13H21NO/c1-10-5-6-12(11(2)9-10)14-13(3,4)7-8-15/h5-6,9,14-15H,7-8H2,1-4H3. The normalized spacial score (nSPS) is 11.5. The molecule has 0 atom stereocenters. The Morgan fingerprint density at radius 2 is 1.93 bits per heavy atom. The van der Waals surface area contributed by atoms with Crippen LogP contribution in [0.25, 0.3) is 0 Å². The van der Waals surface area contributed by atoms with Gasteiger partial charge >= 0.3 is 0 Å². The molecular formula is C13H21NO. The highest BCUT2D eigenvalue weighted by atomic mass is 16.3. The molecule has 1 rings (SSSR count). The minimum Gasteiger partial charge on any atom is -0.396 e. The molecule has 0 fully saturated rings. The fourth-order valence-corrected chi connectivity index (χ4v) is 1.66. The van der Waals surface area contributed by atoms with E-state index in [2.05, 4.69) is 51.2 Å². The van der Waals surface area contributed by atoms with Crippen LogP contribution >= 0.6 is 0 Å². The molecule has 0 saturated heterocycles. The van der Waals surface area contributed by atoms with Crippen molar-refractivity contribution in [1.82, 2.24) is 0 Å². The lowest BCUT2D eigenvalue weighted by Crippen LogP contribution is -2.32. The number of aliphatic hydroxyl groups is 1. The van der Waals surface area contributed by atoms with Crippen LogP contribution in [0.1, 0.15) is 31.4 Å². The number of hydrogen-bond donors (Lipinski definition) is 2. The predicted octanol–water partition coefficient (Wildman–Crippen LogP) is 2.88. The Morgan fingerprint density at radius 3 is 2.47 bits per heavy atom. The topological polar surface area (TPSA) is 32.3 Å². The molecule has 0 aliphatic rings. The number of benzene rings is 1. The maximum atomic E-state index is 8.95. The fraction of sp³-hybridized carbons (Fsp3) is 0.538. The summed E-state index contributed by atoms with van der Waals surface area (Å²) < 4.78 is 0. The smallest absolute Gasteiger partial charge is 0.0453 e. The van der Waals surface area contributed by atoms with Crippen molar-refractivity contribution in [3.05, 3.63) is 29.3 Å². The van der Waals surface area contributed by atoms with Gasteiger partial charge < -0.3 is 10.4 Å². The quantitative estimate of drug-likeness (QED) is 0.795. The highest BCUT2D eigenvalue weighted by Gasteiger charge is 2.16. The average molecular weight is 207 g/mol. The third-order valence-corrected chi connectivity index (χ3v) is 2.59. The second-order valence-electron chi connectivity index (χ2n) is 4.80. The Balaban J connectivity index is 2.80. The van der Waals surface area contributed by atoms with Crippen LogP contribution in [0.4, 0.5) is 5.69 Å². The Bertz CT molecular complexity index is 331. The first-order chi connectivity index (χ1) is 6.94. The molecular weight excluding hydrogens is 186 g/mol. The van der Waals surface area contributed by atoms with Crippen molar-refractivity contribution >= 4 is 5.69 Å². The van der Waals surface area contributed by atoms with Crippen LogP contribution in [0, 0.1) is 13.8 Å². The lowest BCUT2D eigenvalue weighted by Gasteiger charge is -2.27. The zero-order chi connectivity index (χ0) is 11.5. The van der Waals surface area contributed by atoms with Crippen LogP contribution in [0.15, 0.2) is 18.2 Å². The summed E-state index contributed by atoms with van der Waals surface area (Å²) in [6.07, 6.45) is 0.750. The molecule has 0 heterocycles. The predicted molar refractivity (Wildman–Crippen MR) is 65.3 cm³/mol. The Labute approximate surface area is 92.3 Å². The summed E-state index contributed by atoms with van der Waals surface area (Å²) in [7, 11) is 0. The van der Waals surface area contributed by atoms with Crippen molar-refractivity contribution in [3.8, 4) is 0 Å². The number of nitrogens with one attached hydrogen (secondary N) is 1. The van der Waals surface area contributed by atoms with Crippen LogP contribution < -0.4 is 5.32 Å². The molecule has 0 radical (unpaired) electrons. The molecule has 1 aromatic rings. The van der Waals surface area contributed by atoms with Gasteiger partial charge in [0.25, 0.3) is 0 Å². The third kappa shape index (κ3) is 3.56. The van der Waals surface area contributed by atoms with Crippen LogP contribution in [-0.2, 0) is 0 Å². The molecule has 2 nitrogen and oxygen atoms in total. The Kier molecular flexibility index (Phi) is 3.75. The Hall–Kier alpha value is -1.02. The largest absolute Gasteiger partial charge is 0.396 e. The van der Waals surface area contributed by atoms with Crippen LogP contribution in [-0.4, -0.2) is 17.3 Å². The second-order valence-corrected chi connectivity index (χ2v) is 4.80. The van der Waals surface area contributed by atoms with Crippen molar-refractivity contribution < 1.29 is 5.11 Å². The van der Waals surface area contributed by atoms with Crippen LogP contribution in [0.5, 0.6) is 0 Å². The van der Waals surface area contributed by atoms with Gasteiger partial charge in [0.05, 0.1) is 0 Å². The summed E-state index contributed by atoms with van der Waals surface area (Å²) >= 11 is 0. The van der Waals surface area contributed by atoms with Crippen molar-refractivity contribution in [2.75, 3.05) is 11.9 Å². The number of aliphatic hydroxyl groups excluding tert-OH is 1. The molecule has 0 unspecified atom stereocenters. The molecule has 0 aliphatic heterocycles. The molecule has 1 aromatic carbocycles. The lowest BCUT2D eigenvalue weighted by atomic mass is 9.99. The highest BCUT2D eigenvalue weighted by Crippen LogP contribution is 2.22. The van der Waals surface area contributed by atoms with E-state index in [-0.39, 0.29) is 12.1 Å². The van der Waals surface area contributed by atoms with Gasteiger partial charge in [0.2, 0.25) is 0 Å². The average Bonchev–Trinajstić information content (AvgIpc) is 2.09. The first-order valence-corrected chi connectivity index (χ1v) is 5.41. The molecule has 2 heteroatoms. The highest BCUT2D eigenvalue weighted by molar-refractivity contribution is 5.53. The van der Waals surface area contributed by atoms with E-state index in [9.17, 15) is 0 Å². The fourth-order valence-electron chi connectivity index (χ4n) is 1.66. The van der Waals surface area contributed by atoms with Crippen molar-refractivity contribution in [2.24, 2.45) is 0 Å². The van der Waals surface area contributed by atoms with E-state index < -0.39 is 0 Å². The number of rotatable bonds is 4. The number of aryl methyl sites for hydroxylation is 2. The maximum absolute atomic E-state index is 8.95. The zero-order valence-corrected chi connectivity index (χ0v) is 10.1. The van der Waals surface area contributed by atoms with E-state index in [4.69, 9.17) is 5.11 Å². The van der Waals surface area contributed by atoms with E-state index in [0.29, 0.717) is 0 Å². The lowest BCUT2D eigenvalue weighted by molar-refractivity contribution is 0.261. The molecule has 2 N–H and O–H groups in total. The van der Waals surface area contributed by atoms with E-state index in [1.165, 1.54) is 11.1 Å². The summed E-state index contributed by atoms with van der Waals surface area (Å²) in [5.74, 6) is 0. The van der Waals surface area contributed by atoms with Crippen molar-refractivity contribution in [2.45, 2.75) is 39.7 Å². The van der Waals surface area contributed by atoms with Crippen LogP contribution in [0.2, 0.25) is 0 Å². The van der Waals surface area contributed by atoms with Gasteiger partial charge in [0.15, 0.2) is 0 Å². The summed E-state index contributed by atoms with van der Waals surface area (Å²) in [5, 5.41) is 12.4. The molecule has 0 amide bonds. The van der Waals surface area contributed by atoms with Gasteiger partial charge in [-0.1, -0.05) is 17.7 Å². The maximum Gasteiger partial charge on any atom is 0.0453 e. The summed E-state index contributed by atoms with van der Waals surface area (Å²) in [5.41, 5.74) is 3.62. The Morgan fingerprint density at radius 1 is 1.27 bits per heavy atom. The van der Waals surface area contributed by atoms with Gasteiger partial charge in [-0.25, -0.2) is 0 Å². The first kappa shape index (κ1) is 12.1. The SMILES string of the molecule is Cc1ccc(NC(C)(C)CCO)c(C)c1. The molecule has 0 bridgehead atoms. The van der Waals surface area contributed by atoms with E-state index in [1.807, 2.05) is 0 Å². The third-order valence-electron chi connectivity index (χ3n) is 2.59. The molecule has 0 saturated carbocycles. The van der Waals surface area contributed by atoms with Gasteiger partial charge in [0.1, 0.15) is 0 Å². The molecule has 0 aliphatic carbocycles. The second kappa shape index (κ2) is 4.67. The van der Waals surface area contributed by atoms with E-state index in [0.717, 1.165) is 12.1 Å². The number of anilines is 1. The number of hydrogen-bond acceptors (Lipinski definition) is 2. The van der Waals surface area contributed by atoms with Gasteiger partial charge in [-0.3, -0.25) is 0 Å². The van der Waals surface area contributed by atoms with Gasteiger partial charge in [-0.2, -0.15) is 0 Å². The minimum atomic E-state index is -0.0607.